The topological polar surface area (TPSA) is 164 Å². The van der Waals surface area contributed by atoms with Crippen molar-refractivity contribution in [1.82, 2.24) is 0 Å². The van der Waals surface area contributed by atoms with Crippen molar-refractivity contribution in [2.45, 2.75) is 67.5 Å². The van der Waals surface area contributed by atoms with E-state index in [1.807, 2.05) is 0 Å². The fraction of sp³-hybridized carbons (Fsp3) is 0.696. The minimum Gasteiger partial charge on any atom is -0.462 e. The highest BCUT2D eigenvalue weighted by molar-refractivity contribution is 5.89. The molecular formula is C23H30O11. The van der Waals surface area contributed by atoms with Crippen LogP contribution in [0.5, 0.6) is 0 Å². The Kier molecular flexibility index (Phi) is 5.99. The number of carbonyl (C=O) groups is 1. The highest BCUT2D eigenvalue weighted by Crippen LogP contribution is 2.67. The van der Waals surface area contributed by atoms with Crippen molar-refractivity contribution in [1.29, 1.82) is 0 Å². The largest absolute Gasteiger partial charge is 0.462 e. The minimum absolute atomic E-state index is 0.0746. The average molecular weight is 482 g/mol. The molecule has 5 aliphatic rings. The van der Waals surface area contributed by atoms with Gasteiger partial charge in [0.1, 0.15) is 35.6 Å². The van der Waals surface area contributed by atoms with E-state index in [1.165, 1.54) is 0 Å². The molecule has 2 heterocycles. The van der Waals surface area contributed by atoms with Crippen molar-refractivity contribution in [2.75, 3.05) is 20.0 Å². The molecule has 0 aromatic heterocycles. The van der Waals surface area contributed by atoms with Gasteiger partial charge in [-0.3, -0.25) is 0 Å². The average Bonchev–Trinajstić information content (AvgIpc) is 2.80. The number of ether oxygens (including phenoxy) is 5. The van der Waals surface area contributed by atoms with Gasteiger partial charge in [0.25, 0.3) is 0 Å². The van der Waals surface area contributed by atoms with Gasteiger partial charge in [-0.25, -0.2) is 4.79 Å². The lowest BCUT2D eigenvalue weighted by molar-refractivity contribution is -0.485. The second kappa shape index (κ2) is 8.47. The van der Waals surface area contributed by atoms with Crippen LogP contribution in [0.3, 0.4) is 0 Å². The maximum atomic E-state index is 12.6. The van der Waals surface area contributed by atoms with E-state index < -0.39 is 72.1 Å². The lowest BCUT2D eigenvalue weighted by Crippen LogP contribution is -2.83. The van der Waals surface area contributed by atoms with E-state index in [-0.39, 0.29) is 26.2 Å². The molecular weight excluding hydrogens is 452 g/mol. The first-order chi connectivity index (χ1) is 16.1. The number of rotatable bonds is 6. The molecule has 188 valence electrons. The summed E-state index contributed by atoms with van der Waals surface area (Å²) in [6, 6.07) is 8.46. The highest BCUT2D eigenvalue weighted by atomic mass is 16.8. The molecule has 5 fully saturated rings. The van der Waals surface area contributed by atoms with E-state index in [0.717, 1.165) is 0 Å². The molecule has 1 aromatic carbocycles. The molecule has 0 unspecified atom stereocenters. The highest BCUT2D eigenvalue weighted by Gasteiger charge is 2.78. The van der Waals surface area contributed by atoms with Crippen molar-refractivity contribution in [3.05, 3.63) is 35.9 Å². The Hall–Kier alpha value is -1.67. The maximum Gasteiger partial charge on any atom is 0.338 e. The summed E-state index contributed by atoms with van der Waals surface area (Å²) in [7, 11) is 0. The van der Waals surface area contributed by atoms with E-state index >= 15 is 0 Å². The number of hydrogen-bond acceptors (Lipinski definition) is 11. The first kappa shape index (κ1) is 24.0. The molecule has 3 saturated carbocycles. The number of hydrogen-bond donors (Lipinski definition) is 5. The monoisotopic (exact) mass is 482 g/mol. The van der Waals surface area contributed by atoms with Gasteiger partial charge in [-0.05, 0) is 25.5 Å². The summed E-state index contributed by atoms with van der Waals surface area (Å²) in [5.74, 6) is -3.08. The van der Waals surface area contributed by atoms with Gasteiger partial charge in [0.05, 0.1) is 18.8 Å². The number of aliphatic hydroxyl groups is 5. The molecule has 6 rings (SSSR count). The van der Waals surface area contributed by atoms with Crippen LogP contribution in [0.2, 0.25) is 0 Å². The Morgan fingerprint density at radius 3 is 2.56 bits per heavy atom. The summed E-state index contributed by atoms with van der Waals surface area (Å²) >= 11 is 0. The van der Waals surface area contributed by atoms with E-state index in [4.69, 9.17) is 23.7 Å². The molecule has 34 heavy (non-hydrogen) atoms. The standard InChI is InChI=1S/C23H30O11/c1-21-10-23(29,32-11-31-21)13-7-22(21,14(13)9-30-19(28)12-5-3-2-4-6-12)34-20-18(27)17(26)16(25)15(8-24)33-20/h2-6,13-18,20,24-27,29H,7-11H2,1H3/t13-,14+,15-,16-,17+,18-,20+,21+,22-,23-/m1/s1. The van der Waals surface area contributed by atoms with Crippen molar-refractivity contribution in [2.24, 2.45) is 11.8 Å². The maximum absolute atomic E-state index is 12.6. The third kappa shape index (κ3) is 3.50. The van der Waals surface area contributed by atoms with E-state index in [1.54, 1.807) is 37.3 Å². The van der Waals surface area contributed by atoms with E-state index in [9.17, 15) is 30.3 Å². The zero-order chi connectivity index (χ0) is 24.3. The van der Waals surface area contributed by atoms with Gasteiger partial charge in [-0.1, -0.05) is 18.2 Å². The Morgan fingerprint density at radius 2 is 1.85 bits per heavy atom. The van der Waals surface area contributed by atoms with Crippen LogP contribution in [0.4, 0.5) is 0 Å². The van der Waals surface area contributed by atoms with Gasteiger partial charge in [0.15, 0.2) is 18.9 Å². The summed E-state index contributed by atoms with van der Waals surface area (Å²) in [5, 5.41) is 51.6. The zero-order valence-corrected chi connectivity index (χ0v) is 18.6. The Bertz CT molecular complexity index is 911. The van der Waals surface area contributed by atoms with E-state index in [0.29, 0.717) is 5.56 Å². The molecule has 3 aliphatic carbocycles. The SMILES string of the molecule is C[C@@]12C[C@@](O)(OCO1)[C@@H]1C[C@@]2(O[C@@H]2O[C@H](CO)[C@@H](O)[C@H](O)[C@H]2O)[C@H]1COC(=O)c1ccccc1. The second-order valence-corrected chi connectivity index (χ2v) is 9.75. The second-order valence-electron chi connectivity index (χ2n) is 9.75. The van der Waals surface area contributed by atoms with Crippen LogP contribution in [-0.4, -0.2) is 99.2 Å². The van der Waals surface area contributed by atoms with Gasteiger partial charge >= 0.3 is 5.97 Å². The first-order valence-corrected chi connectivity index (χ1v) is 11.3. The quantitative estimate of drug-likeness (QED) is 0.312. The van der Waals surface area contributed by atoms with Crippen LogP contribution in [-0.2, 0) is 23.7 Å². The first-order valence-electron chi connectivity index (χ1n) is 11.3. The molecule has 2 saturated heterocycles. The Labute approximate surface area is 195 Å². The Morgan fingerprint density at radius 1 is 1.12 bits per heavy atom. The fourth-order valence-electron chi connectivity index (χ4n) is 5.93. The lowest BCUT2D eigenvalue weighted by atomic mass is 9.45. The van der Waals surface area contributed by atoms with Crippen molar-refractivity contribution >= 4 is 5.97 Å². The summed E-state index contributed by atoms with van der Waals surface area (Å²) in [6.07, 6.45) is -6.97. The fourth-order valence-corrected chi connectivity index (χ4v) is 5.93. The summed E-state index contributed by atoms with van der Waals surface area (Å²) < 4.78 is 28.9. The smallest absolute Gasteiger partial charge is 0.338 e. The molecule has 0 radical (unpaired) electrons. The van der Waals surface area contributed by atoms with Gasteiger partial charge in [-0.2, -0.15) is 0 Å². The third-order valence-corrected chi connectivity index (χ3v) is 7.94. The zero-order valence-electron chi connectivity index (χ0n) is 18.6. The van der Waals surface area contributed by atoms with Crippen LogP contribution >= 0.6 is 0 Å². The summed E-state index contributed by atoms with van der Waals surface area (Å²) in [5.41, 5.74) is -1.90. The van der Waals surface area contributed by atoms with Crippen molar-refractivity contribution in [3.63, 3.8) is 0 Å². The van der Waals surface area contributed by atoms with Crippen molar-refractivity contribution in [3.8, 4) is 0 Å². The lowest BCUT2D eigenvalue weighted by Gasteiger charge is -2.72. The number of esters is 1. The molecule has 10 atom stereocenters. The molecule has 4 bridgehead atoms. The van der Waals surface area contributed by atoms with Gasteiger partial charge < -0.3 is 49.2 Å². The van der Waals surface area contributed by atoms with Gasteiger partial charge in [-0.15, -0.1) is 0 Å². The van der Waals surface area contributed by atoms with Crippen LogP contribution in [0.15, 0.2) is 30.3 Å². The van der Waals surface area contributed by atoms with Crippen LogP contribution in [0.25, 0.3) is 0 Å². The third-order valence-electron chi connectivity index (χ3n) is 7.94. The molecule has 0 spiro atoms. The molecule has 1 aromatic rings. The summed E-state index contributed by atoms with van der Waals surface area (Å²) in [4.78, 5) is 12.6. The van der Waals surface area contributed by atoms with Crippen LogP contribution in [0.1, 0.15) is 30.1 Å². The van der Waals surface area contributed by atoms with Gasteiger partial charge in [0, 0.05) is 18.3 Å². The Balaban J connectivity index is 1.41. The van der Waals surface area contributed by atoms with Crippen molar-refractivity contribution < 1.29 is 54.0 Å². The predicted octanol–water partition coefficient (Wildman–Crippen LogP) is -1.11. The molecule has 11 nitrogen and oxygen atoms in total. The van der Waals surface area contributed by atoms with Gasteiger partial charge in [0.2, 0.25) is 0 Å². The molecule has 11 heteroatoms. The number of carbonyl (C=O) groups excluding carboxylic acids is 1. The number of aliphatic hydroxyl groups excluding tert-OH is 4. The number of benzene rings is 1. The molecule has 2 aliphatic heterocycles. The van der Waals surface area contributed by atoms with Crippen LogP contribution in [0, 0.1) is 11.8 Å². The van der Waals surface area contributed by atoms with Crippen LogP contribution < -0.4 is 0 Å². The van der Waals surface area contributed by atoms with E-state index in [2.05, 4.69) is 0 Å². The molecule has 0 amide bonds. The minimum atomic E-state index is -1.61. The normalized spacial score (nSPS) is 47.5. The molecule has 5 N–H and O–H groups in total. The summed E-state index contributed by atoms with van der Waals surface area (Å²) in [6.45, 7) is 0.839. The predicted molar refractivity (Wildman–Crippen MR) is 111 cm³/mol.